The fraction of sp³-hybridized carbons (Fsp3) is 0.0833. The normalized spacial score (nSPS) is 10.3. The molecule has 0 saturated heterocycles. The van der Waals surface area contributed by atoms with Gasteiger partial charge in [0.25, 0.3) is 0 Å². The summed E-state index contributed by atoms with van der Waals surface area (Å²) in [6, 6.07) is 25.8. The third kappa shape index (κ3) is 3.38. The maximum absolute atomic E-state index is 3.92. The number of hydrogen-bond donors (Lipinski definition) is 0. The topological polar surface area (TPSA) is 0 Å². The number of hydrogen-bond acceptors (Lipinski definition) is 0. The van der Waals surface area contributed by atoms with Crippen LogP contribution in [0, 0.1) is 0 Å². The molecule has 0 nitrogen and oxygen atoms in total. The molecule has 3 aromatic carbocycles. The van der Waals surface area contributed by atoms with Crippen molar-refractivity contribution in [2.45, 2.75) is 12.8 Å². The van der Waals surface area contributed by atoms with Crippen LogP contribution >= 0.6 is 0 Å². The highest BCUT2D eigenvalue weighted by Crippen LogP contribution is 2.30. The van der Waals surface area contributed by atoms with E-state index < -0.39 is 0 Å². The van der Waals surface area contributed by atoms with Gasteiger partial charge in [0.2, 0.25) is 0 Å². The van der Waals surface area contributed by atoms with Crippen LogP contribution in [0.3, 0.4) is 0 Å². The molecule has 118 valence electrons. The molecule has 0 amide bonds. The highest BCUT2D eigenvalue weighted by Gasteiger charge is 2.08. The standard InChI is InChI=1S/C24H22/c1-3-9-21-13-8-14-24(23(21)10-4-2)22-17-15-20(16-18-22)19-11-6-5-7-12-19/h3-8,11-18H,1-2,9-10H2. The summed E-state index contributed by atoms with van der Waals surface area (Å²) in [5.74, 6) is 0. The van der Waals surface area contributed by atoms with Crippen molar-refractivity contribution < 1.29 is 0 Å². The summed E-state index contributed by atoms with van der Waals surface area (Å²) in [6.45, 7) is 7.80. The molecule has 0 unspecified atom stereocenters. The molecular weight excluding hydrogens is 288 g/mol. The van der Waals surface area contributed by atoms with E-state index in [1.54, 1.807) is 0 Å². The minimum Gasteiger partial charge on any atom is -0.103 e. The van der Waals surface area contributed by atoms with E-state index >= 15 is 0 Å². The van der Waals surface area contributed by atoms with Crippen LogP contribution in [0.2, 0.25) is 0 Å². The quantitative estimate of drug-likeness (QED) is 0.457. The lowest BCUT2D eigenvalue weighted by Gasteiger charge is -2.13. The van der Waals surface area contributed by atoms with Gasteiger partial charge in [-0.3, -0.25) is 0 Å². The molecule has 0 aliphatic carbocycles. The first-order chi connectivity index (χ1) is 11.8. The van der Waals surface area contributed by atoms with Gasteiger partial charge in [-0.15, -0.1) is 13.2 Å². The van der Waals surface area contributed by atoms with Gasteiger partial charge in [-0.2, -0.15) is 0 Å². The molecule has 3 aromatic rings. The first kappa shape index (κ1) is 16.0. The molecule has 0 heteroatoms. The monoisotopic (exact) mass is 310 g/mol. The molecular formula is C24H22. The number of allylic oxidation sites excluding steroid dienone is 2. The smallest absolute Gasteiger partial charge is 0.00911 e. The minimum absolute atomic E-state index is 0.875. The summed E-state index contributed by atoms with van der Waals surface area (Å²) >= 11 is 0. The van der Waals surface area contributed by atoms with Gasteiger partial charge in [0, 0.05) is 0 Å². The Kier molecular flexibility index (Phi) is 5.08. The van der Waals surface area contributed by atoms with Crippen molar-refractivity contribution in [3.8, 4) is 22.3 Å². The lowest BCUT2D eigenvalue weighted by atomic mass is 9.91. The van der Waals surface area contributed by atoms with E-state index in [1.165, 1.54) is 33.4 Å². The van der Waals surface area contributed by atoms with Crippen LogP contribution in [0.25, 0.3) is 22.3 Å². The molecule has 3 rings (SSSR count). The predicted molar refractivity (Wildman–Crippen MR) is 105 cm³/mol. The summed E-state index contributed by atoms with van der Waals surface area (Å²) in [5.41, 5.74) is 7.70. The maximum atomic E-state index is 3.92. The molecule has 0 fully saturated rings. The molecule has 0 spiro atoms. The van der Waals surface area contributed by atoms with E-state index in [4.69, 9.17) is 0 Å². The van der Waals surface area contributed by atoms with Gasteiger partial charge in [0.05, 0.1) is 0 Å². The Morgan fingerprint density at radius 2 is 1.21 bits per heavy atom. The van der Waals surface area contributed by atoms with Crippen molar-refractivity contribution in [3.63, 3.8) is 0 Å². The van der Waals surface area contributed by atoms with Crippen LogP contribution in [0.4, 0.5) is 0 Å². The van der Waals surface area contributed by atoms with Crippen LogP contribution in [0.5, 0.6) is 0 Å². The zero-order valence-corrected chi connectivity index (χ0v) is 13.9. The molecule has 24 heavy (non-hydrogen) atoms. The molecule has 0 saturated carbocycles. The molecule has 0 aliphatic rings. The van der Waals surface area contributed by atoms with Crippen LogP contribution in [0.15, 0.2) is 98.1 Å². The Bertz CT molecular complexity index is 824. The van der Waals surface area contributed by atoms with Crippen LogP contribution < -0.4 is 0 Å². The highest BCUT2D eigenvalue weighted by atomic mass is 14.1. The molecule has 0 atom stereocenters. The van der Waals surface area contributed by atoms with Gasteiger partial charge in [0.15, 0.2) is 0 Å². The number of rotatable bonds is 6. The Hall–Kier alpha value is -2.86. The van der Waals surface area contributed by atoms with Crippen molar-refractivity contribution in [2.24, 2.45) is 0 Å². The Morgan fingerprint density at radius 3 is 1.88 bits per heavy atom. The van der Waals surface area contributed by atoms with Gasteiger partial charge in [-0.05, 0) is 46.2 Å². The SMILES string of the molecule is C=CCc1cccc(-c2ccc(-c3ccccc3)cc2)c1CC=C. The predicted octanol–water partition coefficient (Wildman–Crippen LogP) is 6.48. The lowest BCUT2D eigenvalue weighted by molar-refractivity contribution is 1.16. The molecule has 0 radical (unpaired) electrons. The third-order valence-electron chi connectivity index (χ3n) is 4.29. The molecule has 0 heterocycles. The average Bonchev–Trinajstić information content (AvgIpc) is 2.64. The minimum atomic E-state index is 0.875. The van der Waals surface area contributed by atoms with Crippen molar-refractivity contribution in [3.05, 3.63) is 109 Å². The number of benzene rings is 3. The molecule has 0 bridgehead atoms. The summed E-state index contributed by atoms with van der Waals surface area (Å²) in [5, 5.41) is 0. The van der Waals surface area contributed by atoms with Crippen molar-refractivity contribution in [1.29, 1.82) is 0 Å². The zero-order chi connectivity index (χ0) is 16.8. The van der Waals surface area contributed by atoms with Crippen molar-refractivity contribution in [2.75, 3.05) is 0 Å². The van der Waals surface area contributed by atoms with Gasteiger partial charge >= 0.3 is 0 Å². The summed E-state index contributed by atoms with van der Waals surface area (Å²) < 4.78 is 0. The summed E-state index contributed by atoms with van der Waals surface area (Å²) in [7, 11) is 0. The highest BCUT2D eigenvalue weighted by molar-refractivity contribution is 5.73. The molecule has 0 aromatic heterocycles. The third-order valence-corrected chi connectivity index (χ3v) is 4.29. The Morgan fingerprint density at radius 1 is 0.583 bits per heavy atom. The second-order valence-electron chi connectivity index (χ2n) is 5.87. The zero-order valence-electron chi connectivity index (χ0n) is 13.9. The van der Waals surface area contributed by atoms with Gasteiger partial charge in [-0.1, -0.05) is 84.9 Å². The van der Waals surface area contributed by atoms with Crippen LogP contribution in [0.1, 0.15) is 11.1 Å². The van der Waals surface area contributed by atoms with Crippen LogP contribution in [-0.4, -0.2) is 0 Å². The van der Waals surface area contributed by atoms with E-state index in [-0.39, 0.29) is 0 Å². The fourth-order valence-electron chi connectivity index (χ4n) is 3.11. The van der Waals surface area contributed by atoms with E-state index in [2.05, 4.69) is 79.9 Å². The van der Waals surface area contributed by atoms with E-state index in [0.29, 0.717) is 0 Å². The molecule has 0 aliphatic heterocycles. The van der Waals surface area contributed by atoms with E-state index in [9.17, 15) is 0 Å². The first-order valence-electron chi connectivity index (χ1n) is 8.32. The fourth-order valence-corrected chi connectivity index (χ4v) is 3.11. The van der Waals surface area contributed by atoms with E-state index in [1.807, 2.05) is 18.2 Å². The first-order valence-corrected chi connectivity index (χ1v) is 8.32. The summed E-state index contributed by atoms with van der Waals surface area (Å²) in [6.07, 6.45) is 5.70. The largest absolute Gasteiger partial charge is 0.103 e. The second kappa shape index (κ2) is 7.61. The van der Waals surface area contributed by atoms with Crippen LogP contribution in [-0.2, 0) is 12.8 Å². The van der Waals surface area contributed by atoms with Gasteiger partial charge in [-0.25, -0.2) is 0 Å². The lowest BCUT2D eigenvalue weighted by Crippen LogP contribution is -1.95. The van der Waals surface area contributed by atoms with E-state index in [0.717, 1.165) is 12.8 Å². The maximum Gasteiger partial charge on any atom is -0.00911 e. The van der Waals surface area contributed by atoms with Crippen molar-refractivity contribution in [1.82, 2.24) is 0 Å². The second-order valence-corrected chi connectivity index (χ2v) is 5.87. The van der Waals surface area contributed by atoms with Crippen molar-refractivity contribution >= 4 is 0 Å². The Balaban J connectivity index is 2.01. The average molecular weight is 310 g/mol. The summed E-state index contributed by atoms with van der Waals surface area (Å²) in [4.78, 5) is 0. The van der Waals surface area contributed by atoms with Gasteiger partial charge in [0.1, 0.15) is 0 Å². The van der Waals surface area contributed by atoms with Gasteiger partial charge < -0.3 is 0 Å². The Labute approximate surface area is 144 Å². The molecule has 0 N–H and O–H groups in total.